The summed E-state index contributed by atoms with van der Waals surface area (Å²) in [6.07, 6.45) is 4.49. The molecule has 0 saturated carbocycles. The average molecular weight is 207 g/mol. The second-order valence-electron chi connectivity index (χ2n) is 3.66. The lowest BCUT2D eigenvalue weighted by Gasteiger charge is -2.28. The molecule has 0 spiro atoms. The van der Waals surface area contributed by atoms with Gasteiger partial charge in [0.15, 0.2) is 0 Å². The number of aromatic nitrogens is 1. The molecular formula is C11H13NO3. The van der Waals surface area contributed by atoms with E-state index in [4.69, 9.17) is 9.84 Å². The summed E-state index contributed by atoms with van der Waals surface area (Å²) in [6.45, 7) is 0.628. The molecule has 1 fully saturated rings. The Hall–Kier alpha value is -1.42. The van der Waals surface area contributed by atoms with Crippen molar-refractivity contribution >= 4 is 5.97 Å². The van der Waals surface area contributed by atoms with E-state index in [2.05, 4.69) is 4.98 Å². The van der Waals surface area contributed by atoms with E-state index in [-0.39, 0.29) is 6.10 Å². The van der Waals surface area contributed by atoms with E-state index < -0.39 is 11.9 Å². The Kier molecular flexibility index (Phi) is 2.97. The normalized spacial score (nSPS) is 26.1. The van der Waals surface area contributed by atoms with Crippen molar-refractivity contribution in [2.24, 2.45) is 5.92 Å². The number of hydrogen-bond acceptors (Lipinski definition) is 3. The van der Waals surface area contributed by atoms with Gasteiger partial charge in [0, 0.05) is 19.0 Å². The highest BCUT2D eigenvalue weighted by Crippen LogP contribution is 2.33. The third kappa shape index (κ3) is 2.15. The van der Waals surface area contributed by atoms with Crippen LogP contribution >= 0.6 is 0 Å². The summed E-state index contributed by atoms with van der Waals surface area (Å²) in [7, 11) is 0. The van der Waals surface area contributed by atoms with E-state index in [0.29, 0.717) is 13.0 Å². The summed E-state index contributed by atoms with van der Waals surface area (Å²) in [5.74, 6) is -1.23. The van der Waals surface area contributed by atoms with E-state index in [9.17, 15) is 4.79 Å². The Morgan fingerprint density at radius 3 is 3.13 bits per heavy atom. The van der Waals surface area contributed by atoms with E-state index in [1.165, 1.54) is 0 Å². The first-order valence-corrected chi connectivity index (χ1v) is 5.03. The van der Waals surface area contributed by atoms with Crippen molar-refractivity contribution in [2.45, 2.75) is 18.9 Å². The van der Waals surface area contributed by atoms with E-state index in [1.807, 2.05) is 6.07 Å². The number of pyridine rings is 1. The molecule has 1 aliphatic heterocycles. The first-order valence-electron chi connectivity index (χ1n) is 5.03. The second-order valence-corrected chi connectivity index (χ2v) is 3.66. The van der Waals surface area contributed by atoms with Gasteiger partial charge in [-0.25, -0.2) is 0 Å². The minimum atomic E-state index is -0.788. The zero-order valence-electron chi connectivity index (χ0n) is 8.30. The Morgan fingerprint density at radius 1 is 1.60 bits per heavy atom. The van der Waals surface area contributed by atoms with Gasteiger partial charge in [0.2, 0.25) is 0 Å². The summed E-state index contributed by atoms with van der Waals surface area (Å²) >= 11 is 0. The zero-order chi connectivity index (χ0) is 10.7. The highest BCUT2D eigenvalue weighted by atomic mass is 16.5. The molecule has 0 aromatic carbocycles. The number of hydrogen-bond donors (Lipinski definition) is 1. The Balaban J connectivity index is 2.22. The molecule has 1 saturated heterocycles. The van der Waals surface area contributed by atoms with Crippen LogP contribution in [-0.2, 0) is 9.53 Å². The molecule has 0 aliphatic carbocycles. The fourth-order valence-corrected chi connectivity index (χ4v) is 1.91. The lowest BCUT2D eigenvalue weighted by atomic mass is 9.90. The molecule has 0 amide bonds. The van der Waals surface area contributed by atoms with Crippen LogP contribution in [0.1, 0.15) is 24.5 Å². The molecule has 2 heterocycles. The van der Waals surface area contributed by atoms with E-state index in [0.717, 1.165) is 12.0 Å². The van der Waals surface area contributed by atoms with Gasteiger partial charge in [-0.15, -0.1) is 0 Å². The highest BCUT2D eigenvalue weighted by molar-refractivity contribution is 5.71. The predicted octanol–water partition coefficient (Wildman–Crippen LogP) is 1.63. The maximum Gasteiger partial charge on any atom is 0.309 e. The van der Waals surface area contributed by atoms with Gasteiger partial charge < -0.3 is 9.84 Å². The van der Waals surface area contributed by atoms with Crippen LogP contribution in [0, 0.1) is 5.92 Å². The van der Waals surface area contributed by atoms with Crippen LogP contribution < -0.4 is 0 Å². The first kappa shape index (κ1) is 10.1. The fraction of sp³-hybridized carbons (Fsp3) is 0.455. The van der Waals surface area contributed by atoms with Crippen molar-refractivity contribution in [1.82, 2.24) is 4.98 Å². The third-order valence-corrected chi connectivity index (χ3v) is 2.65. The van der Waals surface area contributed by atoms with Crippen molar-refractivity contribution in [3.05, 3.63) is 30.1 Å². The van der Waals surface area contributed by atoms with Crippen molar-refractivity contribution in [3.8, 4) is 0 Å². The molecule has 1 N–H and O–H groups in total. The van der Waals surface area contributed by atoms with Crippen molar-refractivity contribution in [2.75, 3.05) is 6.61 Å². The first-order chi connectivity index (χ1) is 7.29. The zero-order valence-corrected chi connectivity index (χ0v) is 8.30. The summed E-state index contributed by atoms with van der Waals surface area (Å²) < 4.78 is 5.52. The molecule has 80 valence electrons. The Bertz CT molecular complexity index is 339. The number of ether oxygens (including phenoxy) is 1. The predicted molar refractivity (Wildman–Crippen MR) is 53.3 cm³/mol. The van der Waals surface area contributed by atoms with Crippen molar-refractivity contribution in [3.63, 3.8) is 0 Å². The summed E-state index contributed by atoms with van der Waals surface area (Å²) in [5, 5.41) is 9.07. The van der Waals surface area contributed by atoms with Gasteiger partial charge in [-0.05, 0) is 24.5 Å². The molecule has 1 aromatic heterocycles. The van der Waals surface area contributed by atoms with Gasteiger partial charge in [0.25, 0.3) is 0 Å². The van der Waals surface area contributed by atoms with Crippen LogP contribution in [0.3, 0.4) is 0 Å². The average Bonchev–Trinajstić information content (AvgIpc) is 2.30. The number of carboxylic acid groups (broad SMARTS) is 1. The van der Waals surface area contributed by atoms with Crippen LogP contribution in [-0.4, -0.2) is 22.7 Å². The van der Waals surface area contributed by atoms with Crippen LogP contribution in [0.4, 0.5) is 0 Å². The van der Waals surface area contributed by atoms with Gasteiger partial charge >= 0.3 is 5.97 Å². The molecule has 15 heavy (non-hydrogen) atoms. The second kappa shape index (κ2) is 4.40. The maximum absolute atomic E-state index is 11.0. The van der Waals surface area contributed by atoms with E-state index >= 15 is 0 Å². The molecule has 0 bridgehead atoms. The standard InChI is InChI=1S/C11H13NO3/c13-11(14)9-4-2-6-15-10(9)8-3-1-5-12-7-8/h1,3,5,7,9-10H,2,4,6H2,(H,13,14). The molecule has 2 unspecified atom stereocenters. The third-order valence-electron chi connectivity index (χ3n) is 2.65. The van der Waals surface area contributed by atoms with Crippen molar-refractivity contribution in [1.29, 1.82) is 0 Å². The molecule has 2 rings (SSSR count). The number of carbonyl (C=O) groups is 1. The number of rotatable bonds is 2. The minimum absolute atomic E-state index is 0.343. The quantitative estimate of drug-likeness (QED) is 0.800. The van der Waals surface area contributed by atoms with Crippen LogP contribution in [0.2, 0.25) is 0 Å². The van der Waals surface area contributed by atoms with Gasteiger partial charge in [-0.2, -0.15) is 0 Å². The smallest absolute Gasteiger partial charge is 0.309 e. The fourth-order valence-electron chi connectivity index (χ4n) is 1.91. The molecule has 2 atom stereocenters. The lowest BCUT2D eigenvalue weighted by molar-refractivity contribution is -0.151. The summed E-state index contributed by atoms with van der Waals surface area (Å²) in [5.41, 5.74) is 0.851. The molecule has 4 nitrogen and oxygen atoms in total. The monoisotopic (exact) mass is 207 g/mol. The Morgan fingerprint density at radius 2 is 2.47 bits per heavy atom. The largest absolute Gasteiger partial charge is 0.481 e. The van der Waals surface area contributed by atoms with Gasteiger partial charge in [-0.1, -0.05) is 6.07 Å². The van der Waals surface area contributed by atoms with E-state index in [1.54, 1.807) is 18.5 Å². The summed E-state index contributed by atoms with van der Waals surface area (Å²) in [6, 6.07) is 3.66. The molecule has 0 radical (unpaired) electrons. The molecule has 4 heteroatoms. The van der Waals surface area contributed by atoms with Gasteiger partial charge in [-0.3, -0.25) is 9.78 Å². The van der Waals surface area contributed by atoms with Crippen LogP contribution in [0.15, 0.2) is 24.5 Å². The topological polar surface area (TPSA) is 59.4 Å². The highest BCUT2D eigenvalue weighted by Gasteiger charge is 2.32. The molecule has 1 aliphatic rings. The van der Waals surface area contributed by atoms with Crippen molar-refractivity contribution < 1.29 is 14.6 Å². The SMILES string of the molecule is O=C(O)C1CCCOC1c1cccnc1. The van der Waals surface area contributed by atoms with Gasteiger partial charge in [0.05, 0.1) is 12.0 Å². The number of nitrogens with zero attached hydrogens (tertiary/aromatic N) is 1. The Labute approximate surface area is 87.9 Å². The summed E-state index contributed by atoms with van der Waals surface area (Å²) in [4.78, 5) is 15.0. The van der Waals surface area contributed by atoms with Crippen LogP contribution in [0.25, 0.3) is 0 Å². The number of aliphatic carboxylic acids is 1. The molecule has 1 aromatic rings. The number of carboxylic acids is 1. The maximum atomic E-state index is 11.0. The van der Waals surface area contributed by atoms with Gasteiger partial charge in [0.1, 0.15) is 0 Å². The molecular weight excluding hydrogens is 194 g/mol. The minimum Gasteiger partial charge on any atom is -0.481 e. The lowest BCUT2D eigenvalue weighted by Crippen LogP contribution is -2.28. The van der Waals surface area contributed by atoms with Crippen LogP contribution in [0.5, 0.6) is 0 Å².